The van der Waals surface area contributed by atoms with Crippen molar-refractivity contribution in [3.63, 3.8) is 0 Å². The second-order valence-electron chi connectivity index (χ2n) is 5.82. The van der Waals surface area contributed by atoms with Crippen LogP contribution in [0.15, 0.2) is 54.6 Å². The summed E-state index contributed by atoms with van der Waals surface area (Å²) in [5.74, 6) is -0.00844. The molecule has 0 saturated heterocycles. The maximum atomic E-state index is 12.4. The van der Waals surface area contributed by atoms with Gasteiger partial charge in [-0.1, -0.05) is 48.5 Å². The van der Waals surface area contributed by atoms with Crippen molar-refractivity contribution in [3.8, 4) is 16.9 Å². The number of alkyl halides is 1. The van der Waals surface area contributed by atoms with Crippen LogP contribution < -0.4 is 0 Å². The molecule has 0 atom stereocenters. The number of aromatic hydroxyl groups is 1. The molecule has 0 unspecified atom stereocenters. The molecule has 0 aromatic heterocycles. The molecule has 0 fully saturated rings. The summed E-state index contributed by atoms with van der Waals surface area (Å²) in [5.41, 5.74) is 3.58. The molecule has 0 aliphatic heterocycles. The Labute approximate surface area is 140 Å². The van der Waals surface area contributed by atoms with Crippen LogP contribution in [-0.4, -0.2) is 18.1 Å². The molecule has 0 aliphatic rings. The number of phenolic OH excluding ortho intramolecular Hbond substituents is 1. The summed E-state index contributed by atoms with van der Waals surface area (Å²) in [7, 11) is 0. The average Bonchev–Trinajstić information content (AvgIpc) is 2.62. The van der Waals surface area contributed by atoms with E-state index in [0.717, 1.165) is 34.7 Å². The molecule has 0 bridgehead atoms. The van der Waals surface area contributed by atoms with Gasteiger partial charge < -0.3 is 5.11 Å². The molecular weight excluding hydrogens is 303 g/mol. The van der Waals surface area contributed by atoms with Gasteiger partial charge in [0.1, 0.15) is 5.75 Å². The fourth-order valence-corrected chi connectivity index (χ4v) is 3.14. The van der Waals surface area contributed by atoms with Crippen LogP contribution in [-0.2, 0) is 6.42 Å². The lowest BCUT2D eigenvalue weighted by molar-refractivity contribution is 0.112. The maximum absolute atomic E-state index is 12.4. The van der Waals surface area contributed by atoms with Gasteiger partial charge in [0.2, 0.25) is 0 Å². The lowest BCUT2D eigenvalue weighted by atomic mass is 9.91. The molecule has 3 rings (SSSR count). The molecule has 0 spiro atoms. The standard InChI is InChI=1S/C21H19FO2/c22-13-4-3-7-15-6-1-2-8-16(15)17-9-5-10-18-19(17)11-12-21(24)20(18)14-23/h1-2,5-6,8-12,14,24H,3-4,7,13H2. The van der Waals surface area contributed by atoms with Gasteiger partial charge in [0.25, 0.3) is 0 Å². The molecule has 122 valence electrons. The second-order valence-corrected chi connectivity index (χ2v) is 5.82. The molecule has 1 N–H and O–H groups in total. The third kappa shape index (κ3) is 3.02. The van der Waals surface area contributed by atoms with Gasteiger partial charge >= 0.3 is 0 Å². The largest absolute Gasteiger partial charge is 0.507 e. The van der Waals surface area contributed by atoms with Crippen LogP contribution in [0.1, 0.15) is 28.8 Å². The predicted octanol–water partition coefficient (Wildman–Crippen LogP) is 5.32. The minimum Gasteiger partial charge on any atom is -0.507 e. The highest BCUT2D eigenvalue weighted by molar-refractivity contribution is 6.06. The summed E-state index contributed by atoms with van der Waals surface area (Å²) in [4.78, 5) is 11.3. The van der Waals surface area contributed by atoms with E-state index >= 15 is 0 Å². The molecule has 24 heavy (non-hydrogen) atoms. The highest BCUT2D eigenvalue weighted by Crippen LogP contribution is 2.35. The van der Waals surface area contributed by atoms with Crippen LogP contribution in [0.25, 0.3) is 21.9 Å². The number of fused-ring (bicyclic) bond motifs is 1. The number of phenols is 1. The minimum atomic E-state index is -0.293. The Morgan fingerprint density at radius 3 is 2.46 bits per heavy atom. The monoisotopic (exact) mass is 322 g/mol. The van der Waals surface area contributed by atoms with Crippen LogP contribution in [0.3, 0.4) is 0 Å². The molecule has 3 aromatic rings. The van der Waals surface area contributed by atoms with E-state index in [1.807, 2.05) is 42.5 Å². The summed E-state index contributed by atoms with van der Waals surface area (Å²) in [6.45, 7) is -0.293. The molecule has 0 aliphatic carbocycles. The highest BCUT2D eigenvalue weighted by atomic mass is 19.1. The van der Waals surface area contributed by atoms with E-state index in [2.05, 4.69) is 6.07 Å². The summed E-state index contributed by atoms with van der Waals surface area (Å²) in [5, 5.41) is 11.6. The van der Waals surface area contributed by atoms with Crippen molar-refractivity contribution in [2.75, 3.05) is 6.67 Å². The van der Waals surface area contributed by atoms with Gasteiger partial charge in [-0.2, -0.15) is 0 Å². The molecule has 2 nitrogen and oxygen atoms in total. The van der Waals surface area contributed by atoms with E-state index < -0.39 is 0 Å². The summed E-state index contributed by atoms with van der Waals surface area (Å²) >= 11 is 0. The quantitative estimate of drug-likeness (QED) is 0.493. The number of carbonyl (C=O) groups excluding carboxylic acids is 1. The molecule has 0 amide bonds. The van der Waals surface area contributed by atoms with Crippen molar-refractivity contribution in [3.05, 3.63) is 65.7 Å². The van der Waals surface area contributed by atoms with Gasteiger partial charge in [0.15, 0.2) is 6.29 Å². The number of aldehydes is 1. The van der Waals surface area contributed by atoms with E-state index in [0.29, 0.717) is 18.3 Å². The average molecular weight is 322 g/mol. The van der Waals surface area contributed by atoms with E-state index in [9.17, 15) is 14.3 Å². The predicted molar refractivity (Wildman–Crippen MR) is 95.3 cm³/mol. The van der Waals surface area contributed by atoms with E-state index in [1.165, 1.54) is 5.56 Å². The number of carbonyl (C=O) groups is 1. The molecule has 0 radical (unpaired) electrons. The van der Waals surface area contributed by atoms with E-state index in [4.69, 9.17) is 0 Å². The second kappa shape index (κ2) is 7.26. The zero-order valence-corrected chi connectivity index (χ0v) is 13.3. The van der Waals surface area contributed by atoms with Crippen LogP contribution in [0.2, 0.25) is 0 Å². The number of aryl methyl sites for hydroxylation is 1. The Balaban J connectivity index is 2.15. The number of hydrogen-bond donors (Lipinski definition) is 1. The number of unbranched alkanes of at least 4 members (excludes halogenated alkanes) is 1. The van der Waals surface area contributed by atoms with Gasteiger partial charge in [0, 0.05) is 0 Å². The zero-order chi connectivity index (χ0) is 16.9. The van der Waals surface area contributed by atoms with Crippen molar-refractivity contribution in [2.45, 2.75) is 19.3 Å². The van der Waals surface area contributed by atoms with Crippen molar-refractivity contribution in [2.24, 2.45) is 0 Å². The van der Waals surface area contributed by atoms with Crippen LogP contribution in [0.5, 0.6) is 5.75 Å². The molecule has 0 heterocycles. The molecule has 3 aromatic carbocycles. The minimum absolute atomic E-state index is 0.00844. The van der Waals surface area contributed by atoms with Gasteiger partial charge in [0.05, 0.1) is 12.2 Å². The molecular formula is C21H19FO2. The van der Waals surface area contributed by atoms with Crippen molar-refractivity contribution >= 4 is 17.1 Å². The van der Waals surface area contributed by atoms with Crippen molar-refractivity contribution < 1.29 is 14.3 Å². The topological polar surface area (TPSA) is 37.3 Å². The first-order valence-corrected chi connectivity index (χ1v) is 8.10. The Hall–Kier alpha value is -2.68. The smallest absolute Gasteiger partial charge is 0.154 e. The van der Waals surface area contributed by atoms with Gasteiger partial charge in [-0.15, -0.1) is 0 Å². The lowest BCUT2D eigenvalue weighted by Crippen LogP contribution is -1.93. The third-order valence-electron chi connectivity index (χ3n) is 4.34. The van der Waals surface area contributed by atoms with Gasteiger partial charge in [-0.25, -0.2) is 0 Å². The normalized spacial score (nSPS) is 10.9. The van der Waals surface area contributed by atoms with E-state index in [1.54, 1.807) is 6.07 Å². The summed E-state index contributed by atoms with van der Waals surface area (Å²) < 4.78 is 12.4. The number of halogens is 1. The SMILES string of the molecule is O=Cc1c(O)ccc2c(-c3ccccc3CCCCF)cccc12. The third-order valence-corrected chi connectivity index (χ3v) is 4.34. The zero-order valence-electron chi connectivity index (χ0n) is 13.3. The van der Waals surface area contributed by atoms with Gasteiger partial charge in [-0.05, 0) is 52.8 Å². The fraction of sp³-hybridized carbons (Fsp3) is 0.190. The first kappa shape index (κ1) is 16.2. The maximum Gasteiger partial charge on any atom is 0.154 e. The lowest BCUT2D eigenvalue weighted by Gasteiger charge is -2.13. The Morgan fingerprint density at radius 2 is 1.67 bits per heavy atom. The number of hydrogen-bond acceptors (Lipinski definition) is 2. The highest BCUT2D eigenvalue weighted by Gasteiger charge is 2.12. The van der Waals surface area contributed by atoms with Crippen LogP contribution in [0, 0.1) is 0 Å². The molecule has 0 saturated carbocycles. The Morgan fingerprint density at radius 1 is 0.875 bits per heavy atom. The molecule has 3 heteroatoms. The number of rotatable bonds is 6. The van der Waals surface area contributed by atoms with Gasteiger partial charge in [-0.3, -0.25) is 9.18 Å². The van der Waals surface area contributed by atoms with E-state index in [-0.39, 0.29) is 12.4 Å². The Bertz CT molecular complexity index is 871. The summed E-state index contributed by atoms with van der Waals surface area (Å²) in [6, 6.07) is 17.2. The first-order valence-electron chi connectivity index (χ1n) is 8.10. The van der Waals surface area contributed by atoms with Crippen molar-refractivity contribution in [1.29, 1.82) is 0 Å². The Kier molecular flexibility index (Phi) is 4.90. The number of benzene rings is 3. The first-order chi connectivity index (χ1) is 11.8. The van der Waals surface area contributed by atoms with Crippen LogP contribution in [0.4, 0.5) is 4.39 Å². The summed E-state index contributed by atoms with van der Waals surface area (Å²) in [6.07, 6.45) is 2.87. The fourth-order valence-electron chi connectivity index (χ4n) is 3.14. The van der Waals surface area contributed by atoms with Crippen molar-refractivity contribution in [1.82, 2.24) is 0 Å². The van der Waals surface area contributed by atoms with Crippen LogP contribution >= 0.6 is 0 Å².